The van der Waals surface area contributed by atoms with Crippen molar-refractivity contribution in [1.29, 1.82) is 0 Å². The molecular formula is C29H36ClF2N8O3+. The number of likely N-dealkylation sites (N-methyl/N-ethyl adjacent to an activating group) is 1. The number of carbonyl (C=O) groups excluding carboxylic acids is 3. The SMILES string of the molecule is CN(C)c1nc(F)c(-c2cnc(C(=O)Nc3ccc(C(=O)N4CCC(NC(=O)C[N+](C)(C)C)CC4)c(Cl)c3)n2C)cc1F. The highest BCUT2D eigenvalue weighted by atomic mass is 35.5. The molecule has 1 aliphatic rings. The molecule has 1 aromatic carbocycles. The minimum absolute atomic E-state index is 0.00647. The number of nitrogens with zero attached hydrogens (tertiary/aromatic N) is 6. The fourth-order valence-electron chi connectivity index (χ4n) is 4.88. The van der Waals surface area contributed by atoms with Crippen LogP contribution in [0.25, 0.3) is 11.3 Å². The van der Waals surface area contributed by atoms with E-state index in [2.05, 4.69) is 20.6 Å². The van der Waals surface area contributed by atoms with Crippen LogP contribution in [0.2, 0.25) is 5.02 Å². The lowest BCUT2D eigenvalue weighted by Crippen LogP contribution is -2.50. The van der Waals surface area contributed by atoms with Crippen LogP contribution in [0.4, 0.5) is 20.3 Å². The lowest BCUT2D eigenvalue weighted by atomic mass is 10.0. The Hall–Kier alpha value is -4.10. The fourth-order valence-corrected chi connectivity index (χ4v) is 5.14. The summed E-state index contributed by atoms with van der Waals surface area (Å²) in [6.45, 7) is 1.32. The molecule has 3 amide bonds. The van der Waals surface area contributed by atoms with E-state index in [1.807, 2.05) is 21.1 Å². The topological polar surface area (TPSA) is 112 Å². The molecular weight excluding hydrogens is 582 g/mol. The third kappa shape index (κ3) is 7.46. The van der Waals surface area contributed by atoms with Gasteiger partial charge in [0, 0.05) is 46.0 Å². The van der Waals surface area contributed by atoms with Gasteiger partial charge in [-0.05, 0) is 37.1 Å². The molecule has 0 saturated carbocycles. The van der Waals surface area contributed by atoms with E-state index < -0.39 is 17.7 Å². The second kappa shape index (κ2) is 12.6. The largest absolute Gasteiger partial charge is 0.360 e. The van der Waals surface area contributed by atoms with E-state index in [1.165, 1.54) is 34.8 Å². The van der Waals surface area contributed by atoms with E-state index in [-0.39, 0.29) is 51.3 Å². The van der Waals surface area contributed by atoms with Crippen LogP contribution >= 0.6 is 11.6 Å². The van der Waals surface area contributed by atoms with Gasteiger partial charge in [-0.25, -0.2) is 9.37 Å². The van der Waals surface area contributed by atoms with Crippen LogP contribution in [0.1, 0.15) is 33.8 Å². The Balaban J connectivity index is 1.39. The van der Waals surface area contributed by atoms with E-state index in [9.17, 15) is 23.2 Å². The van der Waals surface area contributed by atoms with E-state index in [1.54, 1.807) is 25.1 Å². The maximum Gasteiger partial charge on any atom is 0.291 e. The molecule has 0 spiro atoms. The Morgan fingerprint density at radius 2 is 1.79 bits per heavy atom. The van der Waals surface area contributed by atoms with Crippen molar-refractivity contribution in [2.75, 3.05) is 65.1 Å². The molecule has 14 heteroatoms. The number of hydrogen-bond donors (Lipinski definition) is 2. The van der Waals surface area contributed by atoms with E-state index >= 15 is 0 Å². The summed E-state index contributed by atoms with van der Waals surface area (Å²) in [5.41, 5.74) is 0.635. The summed E-state index contributed by atoms with van der Waals surface area (Å²) in [6.07, 6.45) is 2.54. The van der Waals surface area contributed by atoms with Gasteiger partial charge in [0.05, 0.1) is 49.2 Å². The maximum absolute atomic E-state index is 14.7. The summed E-state index contributed by atoms with van der Waals surface area (Å²) in [7, 11) is 10.4. The van der Waals surface area contributed by atoms with Crippen LogP contribution in [-0.4, -0.2) is 103 Å². The first kappa shape index (κ1) is 31.8. The molecule has 1 saturated heterocycles. The van der Waals surface area contributed by atoms with Crippen LogP contribution in [0.3, 0.4) is 0 Å². The van der Waals surface area contributed by atoms with Crippen molar-refractivity contribution >= 4 is 40.8 Å². The summed E-state index contributed by atoms with van der Waals surface area (Å²) in [5.74, 6) is -2.70. The van der Waals surface area contributed by atoms with Crippen LogP contribution in [-0.2, 0) is 11.8 Å². The predicted octanol–water partition coefficient (Wildman–Crippen LogP) is 3.16. The number of halogens is 3. The molecule has 1 aliphatic heterocycles. The van der Waals surface area contributed by atoms with Crippen LogP contribution in [0.15, 0.2) is 30.5 Å². The quantitative estimate of drug-likeness (QED) is 0.297. The van der Waals surface area contributed by atoms with Crippen molar-refractivity contribution in [3.8, 4) is 11.3 Å². The number of benzene rings is 1. The summed E-state index contributed by atoms with van der Waals surface area (Å²) in [6, 6.07) is 5.57. The zero-order chi connectivity index (χ0) is 31.6. The Morgan fingerprint density at radius 3 is 2.40 bits per heavy atom. The van der Waals surface area contributed by atoms with E-state index in [0.29, 0.717) is 42.6 Å². The first-order valence-electron chi connectivity index (χ1n) is 13.7. The van der Waals surface area contributed by atoms with Gasteiger partial charge in [-0.2, -0.15) is 9.37 Å². The minimum Gasteiger partial charge on any atom is -0.360 e. The number of likely N-dealkylation sites (tertiary alicyclic amines) is 1. The van der Waals surface area contributed by atoms with Crippen molar-refractivity contribution in [2.45, 2.75) is 18.9 Å². The van der Waals surface area contributed by atoms with Crippen molar-refractivity contribution in [3.05, 3.63) is 58.6 Å². The molecule has 230 valence electrons. The molecule has 0 bridgehead atoms. The molecule has 4 rings (SSSR count). The molecule has 3 aromatic rings. The third-order valence-electron chi connectivity index (χ3n) is 7.02. The Labute approximate surface area is 254 Å². The highest BCUT2D eigenvalue weighted by Gasteiger charge is 2.27. The number of nitrogens with one attached hydrogen (secondary N) is 2. The van der Waals surface area contributed by atoms with Gasteiger partial charge in [-0.3, -0.25) is 14.4 Å². The predicted molar refractivity (Wildman–Crippen MR) is 160 cm³/mol. The number of quaternary nitrogens is 1. The van der Waals surface area contributed by atoms with Gasteiger partial charge in [0.1, 0.15) is 0 Å². The number of imidazole rings is 1. The van der Waals surface area contributed by atoms with Gasteiger partial charge in [0.15, 0.2) is 24.0 Å². The number of rotatable bonds is 8. The first-order valence-corrected chi connectivity index (χ1v) is 14.1. The van der Waals surface area contributed by atoms with Crippen LogP contribution in [0, 0.1) is 11.8 Å². The van der Waals surface area contributed by atoms with Crippen LogP contribution in [0.5, 0.6) is 0 Å². The van der Waals surface area contributed by atoms with Gasteiger partial charge in [0.2, 0.25) is 5.95 Å². The van der Waals surface area contributed by atoms with E-state index in [0.717, 1.165) is 6.07 Å². The number of carbonyl (C=O) groups is 3. The molecule has 0 atom stereocenters. The van der Waals surface area contributed by atoms with E-state index in [4.69, 9.17) is 11.6 Å². The van der Waals surface area contributed by atoms with Crippen molar-refractivity contribution in [3.63, 3.8) is 0 Å². The normalized spacial score (nSPS) is 14.0. The number of amides is 3. The molecule has 0 unspecified atom stereocenters. The number of piperidine rings is 1. The van der Waals surface area contributed by atoms with Crippen molar-refractivity contribution < 1.29 is 27.6 Å². The molecule has 0 aliphatic carbocycles. The second-order valence-electron chi connectivity index (χ2n) is 11.8. The highest BCUT2D eigenvalue weighted by molar-refractivity contribution is 6.34. The molecule has 1 fully saturated rings. The smallest absolute Gasteiger partial charge is 0.291 e. The van der Waals surface area contributed by atoms with Crippen molar-refractivity contribution in [2.24, 2.45) is 7.05 Å². The molecule has 43 heavy (non-hydrogen) atoms. The Kier molecular flexibility index (Phi) is 9.35. The lowest BCUT2D eigenvalue weighted by Gasteiger charge is -2.33. The molecule has 11 nitrogen and oxygen atoms in total. The molecule has 2 N–H and O–H groups in total. The number of aromatic nitrogens is 3. The van der Waals surface area contributed by atoms with Gasteiger partial charge >= 0.3 is 0 Å². The third-order valence-corrected chi connectivity index (χ3v) is 7.34. The Bertz CT molecular complexity index is 1550. The van der Waals surface area contributed by atoms with Crippen molar-refractivity contribution in [1.82, 2.24) is 24.8 Å². The summed E-state index contributed by atoms with van der Waals surface area (Å²) >= 11 is 6.45. The standard InChI is InChI=1S/C29H35ClF2N8O3/c1-37(2)26-22(31)14-20(25(32)36-26)23-15-33-27(38(23)3)28(42)35-18-7-8-19(21(30)13-18)29(43)39-11-9-17(10-12-39)34-24(41)16-40(4,5)6/h7-8,13-15,17H,9-12,16H2,1-6H3,(H-,34,35,41,42,43)/p+1. The number of anilines is 2. The first-order chi connectivity index (χ1) is 20.1. The van der Waals surface area contributed by atoms with Gasteiger partial charge in [-0.15, -0.1) is 0 Å². The fraction of sp³-hybridized carbons (Fsp3) is 0.414. The van der Waals surface area contributed by atoms with Gasteiger partial charge in [0.25, 0.3) is 17.7 Å². The summed E-state index contributed by atoms with van der Waals surface area (Å²) in [4.78, 5) is 49.2. The zero-order valence-electron chi connectivity index (χ0n) is 25.0. The van der Waals surface area contributed by atoms with Crippen LogP contribution < -0.4 is 15.5 Å². The average Bonchev–Trinajstić information content (AvgIpc) is 3.29. The molecule has 2 aromatic heterocycles. The minimum atomic E-state index is -0.902. The van der Waals surface area contributed by atoms with Gasteiger partial charge < -0.3 is 29.5 Å². The number of pyridine rings is 1. The van der Waals surface area contributed by atoms with Gasteiger partial charge in [-0.1, -0.05) is 11.6 Å². The maximum atomic E-state index is 14.7. The zero-order valence-corrected chi connectivity index (χ0v) is 25.8. The average molecular weight is 618 g/mol. The lowest BCUT2D eigenvalue weighted by molar-refractivity contribution is -0.862. The summed E-state index contributed by atoms with van der Waals surface area (Å²) < 4.78 is 31.0. The highest BCUT2D eigenvalue weighted by Crippen LogP contribution is 2.28. The second-order valence-corrected chi connectivity index (χ2v) is 12.2. The summed E-state index contributed by atoms with van der Waals surface area (Å²) in [5, 5.41) is 5.88. The number of hydrogen-bond acceptors (Lipinski definition) is 6. The molecule has 3 heterocycles. The Morgan fingerprint density at radius 1 is 1.12 bits per heavy atom. The molecule has 0 radical (unpaired) electrons. The monoisotopic (exact) mass is 617 g/mol.